The van der Waals surface area contributed by atoms with Crippen LogP contribution in [0.15, 0.2) is 38.0 Å². The van der Waals surface area contributed by atoms with Crippen LogP contribution in [0.1, 0.15) is 73.1 Å². The van der Waals surface area contributed by atoms with Crippen molar-refractivity contribution in [2.45, 2.75) is 73.1 Å². The van der Waals surface area contributed by atoms with Crippen LogP contribution in [-0.2, 0) is 4.74 Å². The number of hydrogen-bond acceptors (Lipinski definition) is 3. The van der Waals surface area contributed by atoms with Crippen LogP contribution < -0.4 is 0 Å². The molecule has 0 saturated heterocycles. The second-order valence-corrected chi connectivity index (χ2v) is 4.70. The molecule has 24 heavy (non-hydrogen) atoms. The number of rotatable bonds is 9. The van der Waals surface area contributed by atoms with Gasteiger partial charge in [-0.25, -0.2) is 0 Å². The second kappa shape index (κ2) is 57.3. The highest BCUT2D eigenvalue weighted by Crippen LogP contribution is 1.97. The summed E-state index contributed by atoms with van der Waals surface area (Å²) >= 11 is 0. The zero-order valence-electron chi connectivity index (χ0n) is 17.2. The van der Waals surface area contributed by atoms with Gasteiger partial charge in [0, 0.05) is 13.2 Å². The van der Waals surface area contributed by atoms with E-state index in [0.29, 0.717) is 0 Å². The minimum atomic E-state index is -0.125. The van der Waals surface area contributed by atoms with Gasteiger partial charge in [-0.15, -0.1) is 19.7 Å². The van der Waals surface area contributed by atoms with Gasteiger partial charge in [0.2, 0.25) is 0 Å². The zero-order valence-corrected chi connectivity index (χ0v) is 17.2. The molecule has 148 valence electrons. The maximum absolute atomic E-state index is 7.62. The number of allylic oxidation sites excluding steroid dienone is 3. The lowest BCUT2D eigenvalue weighted by molar-refractivity contribution is 0.126. The summed E-state index contributed by atoms with van der Waals surface area (Å²) in [4.78, 5) is 0. The Kier molecular flexibility index (Phi) is 82.3. The molecule has 0 bridgehead atoms. The zero-order chi connectivity index (χ0) is 19.9. The molecule has 0 aliphatic carbocycles. The van der Waals surface area contributed by atoms with Gasteiger partial charge in [0.1, 0.15) is 0 Å². The van der Waals surface area contributed by atoms with Gasteiger partial charge in [-0.1, -0.05) is 57.8 Å². The molecule has 0 atom stereocenters. The highest BCUT2D eigenvalue weighted by molar-refractivity contribution is 4.52. The molecule has 0 heterocycles. The molecule has 0 fully saturated rings. The molecule has 0 amide bonds. The van der Waals surface area contributed by atoms with Crippen molar-refractivity contribution in [2.24, 2.45) is 0 Å². The van der Waals surface area contributed by atoms with E-state index in [9.17, 15) is 0 Å². The van der Waals surface area contributed by atoms with Crippen LogP contribution in [-0.4, -0.2) is 36.6 Å². The quantitative estimate of drug-likeness (QED) is 0.402. The number of unbranched alkanes of at least 4 members (excludes halogenated alkanes) is 4. The summed E-state index contributed by atoms with van der Waals surface area (Å²) in [7, 11) is 0. The normalized spacial score (nSPS) is 7.62. The molecule has 0 rings (SSSR count). The lowest BCUT2D eigenvalue weighted by Crippen LogP contribution is -1.96. The molecule has 3 nitrogen and oxygen atoms in total. The monoisotopic (exact) mass is 346 g/mol. The topological polar surface area (TPSA) is 49.7 Å². The van der Waals surface area contributed by atoms with Crippen molar-refractivity contribution < 1.29 is 14.9 Å². The van der Waals surface area contributed by atoms with E-state index in [4.69, 9.17) is 14.9 Å². The van der Waals surface area contributed by atoms with E-state index in [-0.39, 0.29) is 13.2 Å². The molecule has 3 heteroatoms. The molecule has 0 aromatic heterocycles. The number of aliphatic hydroxyl groups is 2. The summed E-state index contributed by atoms with van der Waals surface area (Å²) < 4.78 is 5.44. The highest BCUT2D eigenvalue weighted by atomic mass is 16.5. The van der Waals surface area contributed by atoms with Crippen molar-refractivity contribution in [1.82, 2.24) is 0 Å². The fourth-order valence-corrected chi connectivity index (χ4v) is 1.01. The standard InChI is InChI=1S/C10H22O.3C3H6.C2H6O2/c1-3-5-7-9-11-10-8-6-4-2;3*1-3-2;3-1-2-4/h3-10H2,1-2H3;3*3H,1H2,2H3;3-4H,1-2H2. The van der Waals surface area contributed by atoms with Gasteiger partial charge in [0.15, 0.2) is 0 Å². The predicted molar refractivity (Wildman–Crippen MR) is 112 cm³/mol. The number of aliphatic hydroxyl groups excluding tert-OH is 2. The smallest absolute Gasteiger partial charge is 0.0662 e. The van der Waals surface area contributed by atoms with Crippen molar-refractivity contribution in [3.05, 3.63) is 38.0 Å². The summed E-state index contributed by atoms with van der Waals surface area (Å²) in [6.07, 6.45) is 12.9. The van der Waals surface area contributed by atoms with Gasteiger partial charge >= 0.3 is 0 Å². The van der Waals surface area contributed by atoms with Crippen LogP contribution in [0.4, 0.5) is 0 Å². The average molecular weight is 347 g/mol. The Hall–Kier alpha value is -0.900. The van der Waals surface area contributed by atoms with Crippen molar-refractivity contribution >= 4 is 0 Å². The van der Waals surface area contributed by atoms with Gasteiger partial charge in [-0.05, 0) is 33.6 Å². The van der Waals surface area contributed by atoms with Crippen LogP contribution in [0.2, 0.25) is 0 Å². The molecule has 0 aliphatic heterocycles. The second-order valence-electron chi connectivity index (χ2n) is 4.70. The Labute approximate surface area is 153 Å². The number of ether oxygens (including phenoxy) is 1. The number of hydrogen-bond donors (Lipinski definition) is 2. The molecule has 0 aromatic rings. The largest absolute Gasteiger partial charge is 0.394 e. The first-order valence-corrected chi connectivity index (χ1v) is 9.08. The molecule has 0 radical (unpaired) electrons. The SMILES string of the molecule is C=CC.C=CC.C=CC.CCCCCOCCCCC.OCCO. The van der Waals surface area contributed by atoms with E-state index in [1.54, 1.807) is 18.2 Å². The van der Waals surface area contributed by atoms with E-state index < -0.39 is 0 Å². The summed E-state index contributed by atoms with van der Waals surface area (Å²) in [5, 5.41) is 15.2. The summed E-state index contributed by atoms with van der Waals surface area (Å²) in [6, 6.07) is 0. The summed E-state index contributed by atoms with van der Waals surface area (Å²) in [6.45, 7) is 21.9. The Morgan fingerprint density at radius 2 is 0.917 bits per heavy atom. The Morgan fingerprint density at radius 3 is 1.08 bits per heavy atom. The molecular weight excluding hydrogens is 300 g/mol. The minimum absolute atomic E-state index is 0.125. The van der Waals surface area contributed by atoms with E-state index in [1.165, 1.54) is 38.5 Å². The average Bonchev–Trinajstić information content (AvgIpc) is 2.57. The minimum Gasteiger partial charge on any atom is -0.394 e. The van der Waals surface area contributed by atoms with Gasteiger partial charge in [-0.3, -0.25) is 0 Å². The Balaban J connectivity index is -0.0000000763. The fourth-order valence-electron chi connectivity index (χ4n) is 1.01. The molecule has 0 spiro atoms. The third-order valence-corrected chi connectivity index (χ3v) is 1.88. The highest BCUT2D eigenvalue weighted by Gasteiger charge is 1.88. The van der Waals surface area contributed by atoms with Crippen molar-refractivity contribution in [3.63, 3.8) is 0 Å². The first kappa shape index (κ1) is 34.4. The maximum atomic E-state index is 7.62. The molecule has 0 aliphatic rings. The van der Waals surface area contributed by atoms with Crippen LogP contribution >= 0.6 is 0 Å². The Bertz CT molecular complexity index is 156. The molecule has 0 unspecified atom stereocenters. The van der Waals surface area contributed by atoms with Crippen molar-refractivity contribution in [2.75, 3.05) is 26.4 Å². The third kappa shape index (κ3) is 130. The molecule has 2 N–H and O–H groups in total. The van der Waals surface area contributed by atoms with Crippen LogP contribution in [0.3, 0.4) is 0 Å². The van der Waals surface area contributed by atoms with Gasteiger partial charge in [0.05, 0.1) is 13.2 Å². The van der Waals surface area contributed by atoms with Crippen LogP contribution in [0.25, 0.3) is 0 Å². The first-order valence-electron chi connectivity index (χ1n) is 9.08. The third-order valence-electron chi connectivity index (χ3n) is 1.88. The van der Waals surface area contributed by atoms with E-state index in [2.05, 4.69) is 33.6 Å². The van der Waals surface area contributed by atoms with Gasteiger partial charge in [-0.2, -0.15) is 0 Å². The van der Waals surface area contributed by atoms with E-state index in [1.807, 2.05) is 20.8 Å². The van der Waals surface area contributed by atoms with Gasteiger partial charge in [0.25, 0.3) is 0 Å². The van der Waals surface area contributed by atoms with Crippen LogP contribution in [0.5, 0.6) is 0 Å². The predicted octanol–water partition coefficient (Wildman–Crippen LogP) is 5.93. The maximum Gasteiger partial charge on any atom is 0.0662 e. The summed E-state index contributed by atoms with van der Waals surface area (Å²) in [5.74, 6) is 0. The van der Waals surface area contributed by atoms with E-state index in [0.717, 1.165) is 13.2 Å². The molecule has 0 saturated carbocycles. The first-order chi connectivity index (χ1) is 11.6. The summed E-state index contributed by atoms with van der Waals surface area (Å²) in [5.41, 5.74) is 0. The molecule has 0 aromatic carbocycles. The lowest BCUT2D eigenvalue weighted by atomic mass is 10.2. The van der Waals surface area contributed by atoms with Crippen molar-refractivity contribution in [1.29, 1.82) is 0 Å². The lowest BCUT2D eigenvalue weighted by Gasteiger charge is -2.01. The van der Waals surface area contributed by atoms with Gasteiger partial charge < -0.3 is 14.9 Å². The van der Waals surface area contributed by atoms with Crippen molar-refractivity contribution in [3.8, 4) is 0 Å². The Morgan fingerprint density at radius 1 is 0.667 bits per heavy atom. The fraction of sp³-hybridized carbons (Fsp3) is 0.714. The van der Waals surface area contributed by atoms with Crippen LogP contribution in [0, 0.1) is 0 Å². The molecular formula is C21H46O3. The van der Waals surface area contributed by atoms with E-state index >= 15 is 0 Å².